The van der Waals surface area contributed by atoms with Crippen molar-refractivity contribution in [2.75, 3.05) is 4.90 Å². The third kappa shape index (κ3) is 7.22. The molecule has 0 atom stereocenters. The molecule has 0 aliphatic carbocycles. The molecule has 0 fully saturated rings. The number of nitrogens with zero attached hydrogens (tertiary/aromatic N) is 2. The third-order valence-electron chi connectivity index (χ3n) is 14.0. The van der Waals surface area contributed by atoms with Gasteiger partial charge in [0.15, 0.2) is 0 Å². The van der Waals surface area contributed by atoms with Crippen molar-refractivity contribution in [3.05, 3.63) is 279 Å². The zero-order valence-corrected chi connectivity index (χ0v) is 38.5. The summed E-state index contributed by atoms with van der Waals surface area (Å²) in [7, 11) is 0. The Morgan fingerprint density at radius 1 is 0.257 bits per heavy atom. The highest BCUT2D eigenvalue weighted by Gasteiger charge is 2.22. The number of rotatable bonds is 9. The molecule has 0 bridgehead atoms. The largest absolute Gasteiger partial charge is 0.310 e. The van der Waals surface area contributed by atoms with E-state index in [4.69, 9.17) is 0 Å². The molecular formula is C68H46N2. The van der Waals surface area contributed by atoms with Gasteiger partial charge in [0.05, 0.1) is 22.4 Å². The molecule has 1 aromatic heterocycles. The Bertz CT molecular complexity index is 4050. The van der Waals surface area contributed by atoms with Crippen molar-refractivity contribution in [3.63, 3.8) is 0 Å². The summed E-state index contributed by atoms with van der Waals surface area (Å²) in [5.41, 5.74) is 18.5. The van der Waals surface area contributed by atoms with E-state index < -0.39 is 0 Å². The molecular weight excluding hydrogens is 845 g/mol. The summed E-state index contributed by atoms with van der Waals surface area (Å²) >= 11 is 0. The van der Waals surface area contributed by atoms with Crippen molar-refractivity contribution < 1.29 is 0 Å². The van der Waals surface area contributed by atoms with Crippen molar-refractivity contribution in [3.8, 4) is 61.3 Å². The van der Waals surface area contributed by atoms with Crippen LogP contribution in [0.2, 0.25) is 0 Å². The second-order valence-electron chi connectivity index (χ2n) is 18.1. The number of hydrogen-bond donors (Lipinski definition) is 0. The van der Waals surface area contributed by atoms with E-state index in [0.717, 1.165) is 50.6 Å². The van der Waals surface area contributed by atoms with Crippen LogP contribution in [0.4, 0.5) is 17.1 Å². The molecule has 0 saturated carbocycles. The van der Waals surface area contributed by atoms with E-state index >= 15 is 0 Å². The first kappa shape index (κ1) is 41.0. The summed E-state index contributed by atoms with van der Waals surface area (Å²) in [6.07, 6.45) is 0. The van der Waals surface area contributed by atoms with Crippen molar-refractivity contribution in [1.82, 2.24) is 4.57 Å². The van der Waals surface area contributed by atoms with E-state index in [-0.39, 0.29) is 0 Å². The van der Waals surface area contributed by atoms with Crippen LogP contribution >= 0.6 is 0 Å². The molecule has 0 N–H and O–H groups in total. The molecule has 0 unspecified atom stereocenters. The van der Waals surface area contributed by atoms with Crippen molar-refractivity contribution >= 4 is 60.4 Å². The van der Waals surface area contributed by atoms with Gasteiger partial charge in [-0.25, -0.2) is 0 Å². The summed E-state index contributed by atoms with van der Waals surface area (Å²) in [5, 5.41) is 7.50. The number of para-hydroxylation sites is 2. The van der Waals surface area contributed by atoms with E-state index in [1.54, 1.807) is 0 Å². The molecule has 1 heterocycles. The quantitative estimate of drug-likeness (QED) is 0.140. The van der Waals surface area contributed by atoms with Gasteiger partial charge >= 0.3 is 0 Å². The number of anilines is 3. The average Bonchev–Trinajstić information content (AvgIpc) is 3.78. The molecule has 328 valence electrons. The van der Waals surface area contributed by atoms with Crippen LogP contribution in [-0.4, -0.2) is 4.57 Å². The maximum Gasteiger partial charge on any atom is 0.0547 e. The van der Waals surface area contributed by atoms with Crippen LogP contribution < -0.4 is 4.90 Å². The molecule has 13 aromatic rings. The molecule has 0 aliphatic heterocycles. The van der Waals surface area contributed by atoms with E-state index in [9.17, 15) is 0 Å². The summed E-state index contributed by atoms with van der Waals surface area (Å²) in [6, 6.07) is 102. The molecule has 0 spiro atoms. The minimum Gasteiger partial charge on any atom is -0.310 e. The van der Waals surface area contributed by atoms with Crippen LogP contribution in [0, 0.1) is 0 Å². The Kier molecular flexibility index (Phi) is 10.2. The molecule has 2 heteroatoms. The minimum absolute atomic E-state index is 1.07. The number of benzene rings is 12. The monoisotopic (exact) mass is 890 g/mol. The van der Waals surface area contributed by atoms with Crippen molar-refractivity contribution in [1.29, 1.82) is 0 Å². The Morgan fingerprint density at radius 3 is 1.57 bits per heavy atom. The molecule has 0 aliphatic rings. The Morgan fingerprint density at radius 2 is 0.800 bits per heavy atom. The molecule has 12 aromatic carbocycles. The lowest BCUT2D eigenvalue weighted by molar-refractivity contribution is 1.18. The highest BCUT2D eigenvalue weighted by atomic mass is 15.1. The summed E-state index contributed by atoms with van der Waals surface area (Å²) in [5.74, 6) is 0. The summed E-state index contributed by atoms with van der Waals surface area (Å²) in [6.45, 7) is 0. The van der Waals surface area contributed by atoms with Gasteiger partial charge in [0.1, 0.15) is 0 Å². The smallest absolute Gasteiger partial charge is 0.0547 e. The summed E-state index contributed by atoms with van der Waals surface area (Å²) in [4.78, 5) is 2.44. The van der Waals surface area contributed by atoms with Gasteiger partial charge in [-0.3, -0.25) is 0 Å². The third-order valence-corrected chi connectivity index (χ3v) is 14.0. The Hall–Kier alpha value is -9.24. The first-order chi connectivity index (χ1) is 34.7. The van der Waals surface area contributed by atoms with Crippen LogP contribution in [0.3, 0.4) is 0 Å². The Labute approximate surface area is 408 Å². The second-order valence-corrected chi connectivity index (χ2v) is 18.1. The highest BCUT2D eigenvalue weighted by molar-refractivity contribution is 6.21. The minimum atomic E-state index is 1.07. The van der Waals surface area contributed by atoms with Crippen LogP contribution in [0.15, 0.2) is 279 Å². The number of fused-ring (bicyclic) bond motifs is 6. The SMILES string of the molecule is c1ccc(-c2ccccc2-c2ccc(N(c3cccc(-c4ccc5ccccc5c4)c3)c3ccc(-c4ccccc4-n4c5ccccc5c5c6ccccc6ccc54)cc3-c3ccccc3)cc2)cc1. The van der Waals surface area contributed by atoms with Crippen molar-refractivity contribution in [2.24, 2.45) is 0 Å². The lowest BCUT2D eigenvalue weighted by Gasteiger charge is -2.29. The molecule has 0 saturated heterocycles. The second kappa shape index (κ2) is 17.4. The van der Waals surface area contributed by atoms with Gasteiger partial charge in [0.2, 0.25) is 0 Å². The van der Waals surface area contributed by atoms with Crippen LogP contribution in [0.25, 0.3) is 105 Å². The first-order valence-electron chi connectivity index (χ1n) is 24.1. The van der Waals surface area contributed by atoms with Crippen LogP contribution in [0.1, 0.15) is 0 Å². The van der Waals surface area contributed by atoms with E-state index in [2.05, 4.69) is 289 Å². The molecule has 0 radical (unpaired) electrons. The van der Waals surface area contributed by atoms with Gasteiger partial charge in [-0.1, -0.05) is 218 Å². The van der Waals surface area contributed by atoms with Gasteiger partial charge in [0, 0.05) is 33.3 Å². The van der Waals surface area contributed by atoms with Crippen LogP contribution in [-0.2, 0) is 0 Å². The van der Waals surface area contributed by atoms with Gasteiger partial charge in [-0.2, -0.15) is 0 Å². The number of aromatic nitrogens is 1. The fourth-order valence-electron chi connectivity index (χ4n) is 10.7. The summed E-state index contributed by atoms with van der Waals surface area (Å²) < 4.78 is 2.46. The van der Waals surface area contributed by atoms with Gasteiger partial charge in [-0.15, -0.1) is 0 Å². The molecule has 2 nitrogen and oxygen atoms in total. The molecule has 13 rings (SSSR count). The van der Waals surface area contributed by atoms with Gasteiger partial charge < -0.3 is 9.47 Å². The van der Waals surface area contributed by atoms with Crippen LogP contribution in [0.5, 0.6) is 0 Å². The lowest BCUT2D eigenvalue weighted by Crippen LogP contribution is -2.11. The predicted octanol–water partition coefficient (Wildman–Crippen LogP) is 18.9. The lowest BCUT2D eigenvalue weighted by atomic mass is 9.93. The fourth-order valence-corrected chi connectivity index (χ4v) is 10.7. The topological polar surface area (TPSA) is 8.17 Å². The zero-order valence-electron chi connectivity index (χ0n) is 38.5. The maximum atomic E-state index is 2.46. The van der Waals surface area contributed by atoms with Crippen molar-refractivity contribution in [2.45, 2.75) is 0 Å². The zero-order chi connectivity index (χ0) is 46.4. The van der Waals surface area contributed by atoms with E-state index in [0.29, 0.717) is 0 Å². The van der Waals surface area contributed by atoms with Gasteiger partial charge in [0.25, 0.3) is 0 Å². The van der Waals surface area contributed by atoms with E-state index in [1.165, 1.54) is 71.2 Å². The average molecular weight is 891 g/mol. The molecule has 0 amide bonds. The van der Waals surface area contributed by atoms with Gasteiger partial charge in [-0.05, 0) is 127 Å². The maximum absolute atomic E-state index is 2.46. The fraction of sp³-hybridized carbons (Fsp3) is 0. The highest BCUT2D eigenvalue weighted by Crippen LogP contribution is 2.46. The first-order valence-corrected chi connectivity index (χ1v) is 24.1. The van der Waals surface area contributed by atoms with E-state index in [1.807, 2.05) is 0 Å². The number of hydrogen-bond acceptors (Lipinski definition) is 1. The standard InChI is InChI=1S/C68H46N2/c1-3-19-48(20-4-1)58-27-11-12-28-59(58)51-36-40-56(41-37-51)69(57-26-17-25-53(45-57)54-35-34-47-18-7-8-24-52(47)44-54)66-42-39-55(46-63(66)49-21-5-2-6-22-49)60-29-13-15-32-64(60)70-65-33-16-14-31-62(65)68-61-30-10-9-23-50(61)38-43-67(68)70/h1-46H. The molecule has 70 heavy (non-hydrogen) atoms. The predicted molar refractivity (Wildman–Crippen MR) is 298 cm³/mol. The Balaban J connectivity index is 1.00. The normalized spacial score (nSPS) is 11.4.